The molecule has 0 heterocycles. The molecule has 0 aliphatic carbocycles. The zero-order chi connectivity index (χ0) is 12.4. The molecule has 0 aliphatic rings. The molecule has 2 unspecified atom stereocenters. The van der Waals surface area contributed by atoms with Gasteiger partial charge in [0.15, 0.2) is 0 Å². The van der Waals surface area contributed by atoms with Crippen LogP contribution in [0.15, 0.2) is 0 Å². The molecule has 0 aromatic rings. The molecule has 0 bridgehead atoms. The summed E-state index contributed by atoms with van der Waals surface area (Å²) in [5.74, 6) is 0.0244. The molecule has 2 atom stereocenters. The summed E-state index contributed by atoms with van der Waals surface area (Å²) < 4.78 is 0. The second kappa shape index (κ2) is 12.2. The average molecular weight is 265 g/mol. The number of carbonyl (C=O) groups is 1. The number of carbonyl (C=O) groups excluding carboxylic acids is 1. The van der Waals surface area contributed by atoms with Crippen molar-refractivity contribution in [2.75, 3.05) is 0 Å². The fraction of sp³-hybridized carbons (Fsp3) is 0.923. The number of unbranched alkanes of at least 4 members (excludes halogenated alkanes) is 1. The Morgan fingerprint density at radius 1 is 1.06 bits per heavy atom. The van der Waals surface area contributed by atoms with Crippen LogP contribution in [0.3, 0.4) is 0 Å². The van der Waals surface area contributed by atoms with E-state index in [0.29, 0.717) is 6.04 Å². The molecule has 0 aliphatic heterocycles. The minimum atomic E-state index is -0.328. The van der Waals surface area contributed by atoms with Crippen LogP contribution in [0.5, 0.6) is 0 Å². The normalized spacial score (nSPS) is 13.6. The van der Waals surface area contributed by atoms with Gasteiger partial charge >= 0.3 is 0 Å². The van der Waals surface area contributed by atoms with Gasteiger partial charge in [0.1, 0.15) is 0 Å². The summed E-state index contributed by atoms with van der Waals surface area (Å²) in [6.45, 7) is 6.37. The van der Waals surface area contributed by atoms with Gasteiger partial charge in [0.05, 0.1) is 6.04 Å². The molecule has 104 valence electrons. The van der Waals surface area contributed by atoms with Crippen LogP contribution in [0.25, 0.3) is 0 Å². The molecule has 0 saturated heterocycles. The Labute approximate surface area is 112 Å². The summed E-state index contributed by atoms with van der Waals surface area (Å²) >= 11 is 0. The molecule has 0 saturated carbocycles. The minimum absolute atomic E-state index is 0. The van der Waals surface area contributed by atoms with E-state index in [4.69, 9.17) is 5.73 Å². The van der Waals surface area contributed by atoms with Gasteiger partial charge in [0.25, 0.3) is 0 Å². The lowest BCUT2D eigenvalue weighted by molar-refractivity contribution is -0.123. The molecule has 3 nitrogen and oxygen atoms in total. The van der Waals surface area contributed by atoms with Gasteiger partial charge in [-0.1, -0.05) is 46.5 Å². The van der Waals surface area contributed by atoms with Crippen molar-refractivity contribution < 1.29 is 4.79 Å². The van der Waals surface area contributed by atoms with Crippen LogP contribution in [0.1, 0.15) is 65.7 Å². The topological polar surface area (TPSA) is 55.1 Å². The highest BCUT2D eigenvalue weighted by atomic mass is 35.5. The summed E-state index contributed by atoms with van der Waals surface area (Å²) in [5, 5.41) is 3.07. The van der Waals surface area contributed by atoms with Crippen molar-refractivity contribution in [3.8, 4) is 0 Å². The van der Waals surface area contributed by atoms with E-state index < -0.39 is 0 Å². The van der Waals surface area contributed by atoms with Crippen LogP contribution in [0.4, 0.5) is 0 Å². The van der Waals surface area contributed by atoms with Crippen LogP contribution >= 0.6 is 12.4 Å². The molecule has 17 heavy (non-hydrogen) atoms. The fourth-order valence-corrected chi connectivity index (χ4v) is 1.84. The van der Waals surface area contributed by atoms with Gasteiger partial charge in [-0.15, -0.1) is 12.4 Å². The van der Waals surface area contributed by atoms with Crippen LogP contribution in [0.2, 0.25) is 0 Å². The average Bonchev–Trinajstić information content (AvgIpc) is 2.26. The zero-order valence-electron chi connectivity index (χ0n) is 11.5. The second-order valence-corrected chi connectivity index (χ2v) is 4.53. The van der Waals surface area contributed by atoms with E-state index in [1.807, 2.05) is 6.92 Å². The first kappa shape index (κ1) is 19.1. The first-order valence-corrected chi connectivity index (χ1v) is 6.71. The number of nitrogens with two attached hydrogens (primary N) is 1. The van der Waals surface area contributed by atoms with Gasteiger partial charge in [0.2, 0.25) is 5.91 Å². The van der Waals surface area contributed by atoms with Crippen molar-refractivity contribution in [3.63, 3.8) is 0 Å². The summed E-state index contributed by atoms with van der Waals surface area (Å²) in [4.78, 5) is 11.7. The molecule has 0 fully saturated rings. The number of amides is 1. The third-order valence-corrected chi connectivity index (χ3v) is 2.83. The lowest BCUT2D eigenvalue weighted by atomic mass is 10.0. The Morgan fingerprint density at radius 2 is 1.65 bits per heavy atom. The van der Waals surface area contributed by atoms with Gasteiger partial charge in [-0.2, -0.15) is 0 Å². The SMILES string of the molecule is CCCCC(CCC)NC(=O)C(N)CCC.Cl. The maximum atomic E-state index is 11.7. The minimum Gasteiger partial charge on any atom is -0.352 e. The van der Waals surface area contributed by atoms with E-state index >= 15 is 0 Å². The molecule has 1 amide bonds. The lowest BCUT2D eigenvalue weighted by Gasteiger charge is -2.20. The predicted octanol–water partition coefficient (Wildman–Crippen LogP) is 3.01. The summed E-state index contributed by atoms with van der Waals surface area (Å²) in [5.41, 5.74) is 5.79. The van der Waals surface area contributed by atoms with Crippen LogP contribution < -0.4 is 11.1 Å². The Morgan fingerprint density at radius 3 is 2.12 bits per heavy atom. The van der Waals surface area contributed by atoms with E-state index in [0.717, 1.165) is 32.1 Å². The molecule has 0 radical (unpaired) electrons. The number of nitrogens with one attached hydrogen (secondary N) is 1. The number of hydrogen-bond acceptors (Lipinski definition) is 2. The Hall–Kier alpha value is -0.280. The standard InChI is InChI=1S/C13H28N2O.ClH/c1-4-7-10-11(8-5-2)15-13(16)12(14)9-6-3;/h11-12H,4-10,14H2,1-3H3,(H,15,16);1H. The molecule has 0 aromatic carbocycles. The van der Waals surface area contributed by atoms with E-state index in [2.05, 4.69) is 19.2 Å². The lowest BCUT2D eigenvalue weighted by Crippen LogP contribution is -2.45. The number of hydrogen-bond donors (Lipinski definition) is 2. The molecule has 0 aromatic heterocycles. The van der Waals surface area contributed by atoms with Crippen molar-refractivity contribution in [1.29, 1.82) is 0 Å². The Balaban J connectivity index is 0. The molecule has 0 rings (SSSR count). The number of rotatable bonds is 9. The summed E-state index contributed by atoms with van der Waals surface area (Å²) in [7, 11) is 0. The van der Waals surface area contributed by atoms with Crippen LogP contribution in [0, 0.1) is 0 Å². The first-order valence-electron chi connectivity index (χ1n) is 6.71. The molecule has 3 N–H and O–H groups in total. The third kappa shape index (κ3) is 9.42. The maximum absolute atomic E-state index is 11.7. The Bertz CT molecular complexity index is 188. The van der Waals surface area contributed by atoms with Gasteiger partial charge in [-0.25, -0.2) is 0 Å². The van der Waals surface area contributed by atoms with E-state index in [1.54, 1.807) is 0 Å². The van der Waals surface area contributed by atoms with Crippen LogP contribution in [-0.4, -0.2) is 18.0 Å². The predicted molar refractivity (Wildman–Crippen MR) is 76.5 cm³/mol. The van der Waals surface area contributed by atoms with Crippen LogP contribution in [-0.2, 0) is 4.79 Å². The molecular formula is C13H29ClN2O. The van der Waals surface area contributed by atoms with Crippen molar-refractivity contribution in [2.24, 2.45) is 5.73 Å². The number of halogens is 1. The van der Waals surface area contributed by atoms with E-state index in [9.17, 15) is 4.79 Å². The summed E-state index contributed by atoms with van der Waals surface area (Å²) in [6.07, 6.45) is 7.34. The van der Waals surface area contributed by atoms with Gasteiger partial charge in [-0.3, -0.25) is 4.79 Å². The quantitative estimate of drug-likeness (QED) is 0.673. The highest BCUT2D eigenvalue weighted by Gasteiger charge is 2.16. The largest absolute Gasteiger partial charge is 0.352 e. The highest BCUT2D eigenvalue weighted by molar-refractivity contribution is 5.85. The van der Waals surface area contributed by atoms with E-state index in [-0.39, 0.29) is 24.4 Å². The van der Waals surface area contributed by atoms with Gasteiger partial charge in [0, 0.05) is 6.04 Å². The van der Waals surface area contributed by atoms with Crippen molar-refractivity contribution in [3.05, 3.63) is 0 Å². The monoisotopic (exact) mass is 264 g/mol. The first-order chi connectivity index (χ1) is 7.65. The Kier molecular flexibility index (Phi) is 13.7. The zero-order valence-corrected chi connectivity index (χ0v) is 12.3. The highest BCUT2D eigenvalue weighted by Crippen LogP contribution is 2.07. The fourth-order valence-electron chi connectivity index (χ4n) is 1.84. The molecule has 4 heteroatoms. The third-order valence-electron chi connectivity index (χ3n) is 2.83. The van der Waals surface area contributed by atoms with Gasteiger partial charge < -0.3 is 11.1 Å². The van der Waals surface area contributed by atoms with Gasteiger partial charge in [-0.05, 0) is 19.3 Å². The van der Waals surface area contributed by atoms with Crippen molar-refractivity contribution in [2.45, 2.75) is 77.8 Å². The smallest absolute Gasteiger partial charge is 0.237 e. The van der Waals surface area contributed by atoms with E-state index in [1.165, 1.54) is 12.8 Å². The van der Waals surface area contributed by atoms with Crippen molar-refractivity contribution in [1.82, 2.24) is 5.32 Å². The molecule has 0 spiro atoms. The van der Waals surface area contributed by atoms with Crippen molar-refractivity contribution >= 4 is 18.3 Å². The summed E-state index contributed by atoms with van der Waals surface area (Å²) in [6, 6.07) is -0.00802. The maximum Gasteiger partial charge on any atom is 0.237 e. The molecular weight excluding hydrogens is 236 g/mol. The second-order valence-electron chi connectivity index (χ2n) is 4.53.